The first-order valence-corrected chi connectivity index (χ1v) is 20.8. The van der Waals surface area contributed by atoms with Crippen molar-refractivity contribution in [2.45, 2.75) is 84.2 Å². The number of hydrogen-bond donors (Lipinski definition) is 1. The SMILES string of the molecule is CC1(C)C(Oc2ccc(C#N)c(Cl)c2)C(C)(C)C1N1Cc2cc(C#CC3CCN(C4CN(c5cc6c(cc5F)C(=O)N(C5CCC(=O)NC5=O)C6=O)C4)CC3)ccc2C1=O. The summed E-state index contributed by atoms with van der Waals surface area (Å²) in [4.78, 5) is 71.3. The van der Waals surface area contributed by atoms with Gasteiger partial charge >= 0.3 is 0 Å². The van der Waals surface area contributed by atoms with Gasteiger partial charge in [-0.1, -0.05) is 51.1 Å². The third-order valence-electron chi connectivity index (χ3n) is 13.5. The Bertz CT molecular complexity index is 2490. The van der Waals surface area contributed by atoms with Gasteiger partial charge in [0.2, 0.25) is 11.8 Å². The normalized spacial score (nSPS) is 24.9. The number of nitrogens with one attached hydrogen (secondary N) is 1. The second-order valence-corrected chi connectivity index (χ2v) is 18.4. The van der Waals surface area contributed by atoms with E-state index in [0.717, 1.165) is 48.0 Å². The number of hydrogen-bond acceptors (Lipinski definition) is 9. The fourth-order valence-corrected chi connectivity index (χ4v) is 11.1. The first-order chi connectivity index (χ1) is 28.6. The largest absolute Gasteiger partial charge is 0.489 e. The van der Waals surface area contributed by atoms with Crippen LogP contribution in [0.2, 0.25) is 5.02 Å². The highest BCUT2D eigenvalue weighted by Crippen LogP contribution is 2.59. The van der Waals surface area contributed by atoms with Gasteiger partial charge in [0.05, 0.1) is 27.4 Å². The number of benzene rings is 3. The highest BCUT2D eigenvalue weighted by molar-refractivity contribution is 6.31. The number of anilines is 1. The number of ether oxygens (including phenoxy) is 1. The molecule has 5 heterocycles. The molecule has 0 bridgehead atoms. The van der Waals surface area contributed by atoms with Crippen LogP contribution in [0.15, 0.2) is 48.5 Å². The average Bonchev–Trinajstić information content (AvgIpc) is 3.62. The molecular weight excluding hydrogens is 787 g/mol. The van der Waals surface area contributed by atoms with Crippen LogP contribution in [0.5, 0.6) is 5.75 Å². The monoisotopic (exact) mass is 830 g/mol. The van der Waals surface area contributed by atoms with Gasteiger partial charge in [-0.3, -0.25) is 39.1 Å². The molecule has 14 heteroatoms. The molecule has 1 N–H and O–H groups in total. The molecule has 0 aromatic heterocycles. The minimum atomic E-state index is -1.11. The maximum absolute atomic E-state index is 15.4. The molecule has 3 aromatic rings. The van der Waals surface area contributed by atoms with Crippen LogP contribution in [0, 0.1) is 45.7 Å². The van der Waals surface area contributed by atoms with Gasteiger partial charge in [0, 0.05) is 72.1 Å². The number of piperidine rings is 2. The fourth-order valence-electron chi connectivity index (χ4n) is 10.8. The van der Waals surface area contributed by atoms with Gasteiger partial charge < -0.3 is 14.5 Å². The summed E-state index contributed by atoms with van der Waals surface area (Å²) in [6.07, 6.45) is 1.64. The predicted molar refractivity (Wildman–Crippen MR) is 218 cm³/mol. The lowest BCUT2D eigenvalue weighted by Gasteiger charge is -2.65. The molecule has 6 aliphatic rings. The molecule has 5 aliphatic heterocycles. The first-order valence-electron chi connectivity index (χ1n) is 20.4. The van der Waals surface area contributed by atoms with Crippen molar-refractivity contribution in [2.24, 2.45) is 16.7 Å². The van der Waals surface area contributed by atoms with Crippen molar-refractivity contribution in [2.75, 3.05) is 31.1 Å². The van der Waals surface area contributed by atoms with Crippen LogP contribution in [0.1, 0.15) is 101 Å². The number of fused-ring (bicyclic) bond motifs is 2. The van der Waals surface area contributed by atoms with Crippen LogP contribution in [0.25, 0.3) is 0 Å². The topological polar surface area (TPSA) is 143 Å². The van der Waals surface area contributed by atoms with Crippen molar-refractivity contribution in [3.63, 3.8) is 0 Å². The molecule has 12 nitrogen and oxygen atoms in total. The highest BCUT2D eigenvalue weighted by Gasteiger charge is 2.67. The number of likely N-dealkylation sites (tertiary alicyclic amines) is 1. The first kappa shape index (κ1) is 39.7. The summed E-state index contributed by atoms with van der Waals surface area (Å²) < 4.78 is 21.9. The zero-order chi connectivity index (χ0) is 42.4. The predicted octanol–water partition coefficient (Wildman–Crippen LogP) is 5.54. The lowest BCUT2D eigenvalue weighted by molar-refractivity contribution is -0.199. The molecule has 5 amide bonds. The summed E-state index contributed by atoms with van der Waals surface area (Å²) >= 11 is 6.29. The Hall–Kier alpha value is -5.76. The van der Waals surface area contributed by atoms with E-state index in [1.54, 1.807) is 18.2 Å². The molecule has 4 fully saturated rings. The second-order valence-electron chi connectivity index (χ2n) is 18.0. The summed E-state index contributed by atoms with van der Waals surface area (Å²) in [5.74, 6) is 4.53. The number of nitrogens with zero attached hydrogens (tertiary/aromatic N) is 5. The molecule has 1 saturated carbocycles. The molecule has 0 radical (unpaired) electrons. The minimum absolute atomic E-state index is 0.0105. The van der Waals surface area contributed by atoms with E-state index in [4.69, 9.17) is 16.3 Å². The van der Waals surface area contributed by atoms with Crippen molar-refractivity contribution < 1.29 is 33.1 Å². The summed E-state index contributed by atoms with van der Waals surface area (Å²) in [6, 6.07) is 14.6. The van der Waals surface area contributed by atoms with Gasteiger partial charge in [-0.15, -0.1) is 0 Å². The second kappa shape index (κ2) is 14.5. The van der Waals surface area contributed by atoms with Crippen LogP contribution in [0.4, 0.5) is 10.1 Å². The van der Waals surface area contributed by atoms with E-state index in [0.29, 0.717) is 41.5 Å². The number of carbonyl (C=O) groups is 5. The van der Waals surface area contributed by atoms with Gasteiger partial charge in [-0.2, -0.15) is 5.26 Å². The summed E-state index contributed by atoms with van der Waals surface area (Å²) in [5, 5.41) is 11.8. The van der Waals surface area contributed by atoms with Crippen molar-refractivity contribution in [3.05, 3.63) is 92.8 Å². The maximum atomic E-state index is 15.4. The van der Waals surface area contributed by atoms with Gasteiger partial charge in [0.25, 0.3) is 17.7 Å². The van der Waals surface area contributed by atoms with Crippen molar-refractivity contribution in [3.8, 4) is 23.7 Å². The number of halogens is 2. The lowest BCUT2D eigenvalue weighted by Crippen LogP contribution is -2.74. The van der Waals surface area contributed by atoms with E-state index in [1.807, 2.05) is 28.0 Å². The highest BCUT2D eigenvalue weighted by atomic mass is 35.5. The Morgan fingerprint density at radius 2 is 1.57 bits per heavy atom. The molecular formula is C46H44ClFN6O6. The van der Waals surface area contributed by atoms with Crippen molar-refractivity contribution >= 4 is 46.8 Å². The van der Waals surface area contributed by atoms with Crippen LogP contribution in [-0.4, -0.2) is 94.6 Å². The smallest absolute Gasteiger partial charge is 0.262 e. The molecule has 308 valence electrons. The van der Waals surface area contributed by atoms with E-state index in [-0.39, 0.29) is 70.5 Å². The van der Waals surface area contributed by atoms with Crippen LogP contribution in [-0.2, 0) is 16.1 Å². The van der Waals surface area contributed by atoms with Crippen molar-refractivity contribution in [1.82, 2.24) is 20.0 Å². The van der Waals surface area contributed by atoms with E-state index in [1.165, 1.54) is 6.07 Å². The van der Waals surface area contributed by atoms with Gasteiger partial charge in [-0.25, -0.2) is 4.39 Å². The molecule has 0 spiro atoms. The van der Waals surface area contributed by atoms with Gasteiger partial charge in [0.1, 0.15) is 29.8 Å². The van der Waals surface area contributed by atoms with Crippen LogP contribution in [0.3, 0.4) is 0 Å². The van der Waals surface area contributed by atoms with Crippen LogP contribution >= 0.6 is 11.6 Å². The number of nitriles is 1. The number of amides is 5. The number of rotatable bonds is 6. The summed E-state index contributed by atoms with van der Waals surface area (Å²) in [6.45, 7) is 11.8. The Balaban J connectivity index is 0.786. The standard InChI is InChI=1S/C46H44ClFN6O6/c1-45(2)43(46(3,4)44(45)60-30-9-8-27(21-49)34(47)18-30)53-22-28-17-26(7-10-31(28)40(53)57)6-5-25-13-15-51(16-14-25)29-23-52(24-29)37-20-33-32(19-35(37)48)41(58)54(42(33)59)36-11-12-38(55)50-39(36)56/h7-10,17-20,25,29,36,43-44H,11-16,22-24H2,1-4H3,(H,50,55,56). The third-order valence-corrected chi connectivity index (χ3v) is 13.8. The molecule has 3 saturated heterocycles. The zero-order valence-corrected chi connectivity index (χ0v) is 34.6. The van der Waals surface area contributed by atoms with E-state index in [2.05, 4.69) is 55.8 Å². The van der Waals surface area contributed by atoms with Gasteiger partial charge in [0.15, 0.2) is 0 Å². The average molecular weight is 831 g/mol. The molecule has 9 rings (SSSR count). The molecule has 1 aliphatic carbocycles. The summed E-state index contributed by atoms with van der Waals surface area (Å²) in [5.41, 5.74) is 2.46. The fraction of sp³-hybridized carbons (Fsp3) is 0.435. The third kappa shape index (κ3) is 6.41. The molecule has 60 heavy (non-hydrogen) atoms. The number of carbonyl (C=O) groups excluding carboxylic acids is 5. The Kier molecular flexibility index (Phi) is 9.56. The van der Waals surface area contributed by atoms with E-state index in [9.17, 15) is 29.2 Å². The van der Waals surface area contributed by atoms with Crippen LogP contribution < -0.4 is 15.0 Å². The van der Waals surface area contributed by atoms with E-state index >= 15 is 4.39 Å². The molecule has 3 aromatic carbocycles. The molecule has 1 unspecified atom stereocenters. The maximum Gasteiger partial charge on any atom is 0.262 e. The van der Waals surface area contributed by atoms with E-state index < -0.39 is 35.5 Å². The Morgan fingerprint density at radius 3 is 2.23 bits per heavy atom. The summed E-state index contributed by atoms with van der Waals surface area (Å²) in [7, 11) is 0. The Labute approximate surface area is 352 Å². The van der Waals surface area contributed by atoms with Crippen molar-refractivity contribution in [1.29, 1.82) is 5.26 Å². The molecule has 1 atom stereocenters. The minimum Gasteiger partial charge on any atom is -0.489 e. The number of imide groups is 2. The zero-order valence-electron chi connectivity index (χ0n) is 33.8. The lowest BCUT2D eigenvalue weighted by atomic mass is 9.49. The Morgan fingerprint density at radius 1 is 0.867 bits per heavy atom. The van der Waals surface area contributed by atoms with Gasteiger partial charge in [-0.05, 0) is 80.4 Å². The quantitative estimate of drug-likeness (QED) is 0.250.